The average Bonchev–Trinajstić information content (AvgIpc) is 3.28. The zero-order valence-electron chi connectivity index (χ0n) is 17.9. The molecule has 1 fully saturated rings. The van der Waals surface area contributed by atoms with Gasteiger partial charge in [0.05, 0.1) is 19.3 Å². The minimum absolute atomic E-state index is 0.0540. The molecular weight excluding hydrogens is 384 g/mol. The maximum absolute atomic E-state index is 12.9. The summed E-state index contributed by atoms with van der Waals surface area (Å²) in [7, 11) is 0. The second-order valence-electron chi connectivity index (χ2n) is 8.08. The van der Waals surface area contributed by atoms with Crippen molar-refractivity contribution in [3.05, 3.63) is 107 Å². The molecule has 3 aromatic rings. The molecule has 1 atom stereocenters. The Morgan fingerprint density at radius 2 is 1.48 bits per heavy atom. The normalized spacial score (nSPS) is 16.3. The van der Waals surface area contributed by atoms with Crippen molar-refractivity contribution in [2.24, 2.45) is 0 Å². The summed E-state index contributed by atoms with van der Waals surface area (Å²) in [6, 6.07) is 28.7. The predicted molar refractivity (Wildman–Crippen MR) is 123 cm³/mol. The smallest absolute Gasteiger partial charge is 0.237 e. The van der Waals surface area contributed by atoms with Crippen LogP contribution in [0.3, 0.4) is 0 Å². The van der Waals surface area contributed by atoms with Gasteiger partial charge in [0.2, 0.25) is 5.91 Å². The maximum Gasteiger partial charge on any atom is 0.237 e. The molecule has 4 nitrogen and oxygen atoms in total. The Morgan fingerprint density at radius 1 is 0.839 bits per heavy atom. The number of likely N-dealkylation sites (tertiary alicyclic amines) is 1. The van der Waals surface area contributed by atoms with Gasteiger partial charge in [0, 0.05) is 13.1 Å². The number of carbonyl (C=O) groups is 1. The summed E-state index contributed by atoms with van der Waals surface area (Å²) in [5, 5.41) is 3.17. The van der Waals surface area contributed by atoms with E-state index < -0.39 is 0 Å². The summed E-state index contributed by atoms with van der Waals surface area (Å²) in [5.41, 5.74) is 4.64. The van der Waals surface area contributed by atoms with Crippen molar-refractivity contribution in [2.75, 3.05) is 6.54 Å². The molecule has 1 aliphatic heterocycles. The van der Waals surface area contributed by atoms with Crippen LogP contribution in [0.4, 0.5) is 0 Å². The van der Waals surface area contributed by atoms with E-state index in [1.165, 1.54) is 5.56 Å². The molecule has 1 N–H and O–H groups in total. The van der Waals surface area contributed by atoms with Crippen LogP contribution in [-0.2, 0) is 35.8 Å². The Balaban J connectivity index is 1.30. The first-order valence-electron chi connectivity index (χ1n) is 11.0. The number of nitrogens with one attached hydrogen (secondary N) is 1. The fourth-order valence-electron chi connectivity index (χ4n) is 4.15. The molecule has 160 valence electrons. The van der Waals surface area contributed by atoms with Gasteiger partial charge in [0.15, 0.2) is 0 Å². The molecule has 0 saturated carbocycles. The standard InChI is InChI=1S/C27H30N2O2/c30-27(26-16-9-17-29(26)19-22-10-3-1-4-11-22)28-18-24-14-7-8-15-25(24)21-31-20-23-12-5-2-6-13-23/h1-8,10-15,26H,9,16-21H2,(H,28,30). The van der Waals surface area contributed by atoms with E-state index in [0.29, 0.717) is 19.8 Å². The molecule has 1 amide bonds. The number of hydrogen-bond donors (Lipinski definition) is 1. The maximum atomic E-state index is 12.9. The number of amides is 1. The molecule has 0 aromatic heterocycles. The minimum atomic E-state index is -0.0540. The van der Waals surface area contributed by atoms with Crippen LogP contribution < -0.4 is 5.32 Å². The van der Waals surface area contributed by atoms with E-state index in [9.17, 15) is 4.79 Å². The highest BCUT2D eigenvalue weighted by Gasteiger charge is 2.30. The zero-order chi connectivity index (χ0) is 21.3. The summed E-state index contributed by atoms with van der Waals surface area (Å²) in [5.74, 6) is 0.119. The van der Waals surface area contributed by atoms with Crippen LogP contribution in [0.2, 0.25) is 0 Å². The molecule has 31 heavy (non-hydrogen) atoms. The van der Waals surface area contributed by atoms with Crippen LogP contribution in [0.5, 0.6) is 0 Å². The van der Waals surface area contributed by atoms with Gasteiger partial charge in [-0.25, -0.2) is 0 Å². The molecule has 4 rings (SSSR count). The molecule has 1 aliphatic rings. The molecule has 0 bridgehead atoms. The molecule has 0 spiro atoms. The van der Waals surface area contributed by atoms with Crippen LogP contribution in [0.25, 0.3) is 0 Å². The molecular formula is C27H30N2O2. The third kappa shape index (κ3) is 6.03. The highest BCUT2D eigenvalue weighted by atomic mass is 16.5. The first kappa shape index (κ1) is 21.3. The van der Waals surface area contributed by atoms with Crippen molar-refractivity contribution in [2.45, 2.75) is 45.2 Å². The van der Waals surface area contributed by atoms with Crippen LogP contribution in [0.1, 0.15) is 35.1 Å². The van der Waals surface area contributed by atoms with Gasteiger partial charge in [-0.05, 0) is 41.6 Å². The van der Waals surface area contributed by atoms with Crippen LogP contribution in [0, 0.1) is 0 Å². The van der Waals surface area contributed by atoms with E-state index in [-0.39, 0.29) is 11.9 Å². The first-order valence-corrected chi connectivity index (χ1v) is 11.0. The third-order valence-corrected chi connectivity index (χ3v) is 5.84. The Bertz CT molecular complexity index is 959. The van der Waals surface area contributed by atoms with Gasteiger partial charge in [0.25, 0.3) is 0 Å². The molecule has 3 aromatic carbocycles. The Morgan fingerprint density at radius 3 is 2.23 bits per heavy atom. The summed E-state index contributed by atoms with van der Waals surface area (Å²) >= 11 is 0. The first-order chi connectivity index (χ1) is 15.3. The molecule has 1 unspecified atom stereocenters. The van der Waals surface area contributed by atoms with E-state index in [1.54, 1.807) is 0 Å². The molecule has 1 heterocycles. The Labute approximate surface area is 184 Å². The second kappa shape index (κ2) is 10.9. The molecule has 0 radical (unpaired) electrons. The fraction of sp³-hybridized carbons (Fsp3) is 0.296. The quantitative estimate of drug-likeness (QED) is 0.553. The summed E-state index contributed by atoms with van der Waals surface area (Å²) in [4.78, 5) is 15.2. The average molecular weight is 415 g/mol. The highest BCUT2D eigenvalue weighted by molar-refractivity contribution is 5.82. The van der Waals surface area contributed by atoms with Crippen molar-refractivity contribution >= 4 is 5.91 Å². The zero-order valence-corrected chi connectivity index (χ0v) is 17.9. The molecule has 4 heteroatoms. The van der Waals surface area contributed by atoms with Crippen molar-refractivity contribution in [1.29, 1.82) is 0 Å². The number of carbonyl (C=O) groups excluding carboxylic acids is 1. The van der Waals surface area contributed by atoms with Crippen molar-refractivity contribution in [3.63, 3.8) is 0 Å². The summed E-state index contributed by atoms with van der Waals surface area (Å²) < 4.78 is 5.92. The van der Waals surface area contributed by atoms with E-state index in [1.807, 2.05) is 36.4 Å². The van der Waals surface area contributed by atoms with Crippen LogP contribution in [0.15, 0.2) is 84.9 Å². The topological polar surface area (TPSA) is 41.6 Å². The number of nitrogens with zero attached hydrogens (tertiary/aromatic N) is 1. The van der Waals surface area contributed by atoms with Gasteiger partial charge in [-0.2, -0.15) is 0 Å². The number of rotatable bonds is 9. The van der Waals surface area contributed by atoms with Gasteiger partial charge in [-0.1, -0.05) is 84.9 Å². The lowest BCUT2D eigenvalue weighted by molar-refractivity contribution is -0.125. The van der Waals surface area contributed by atoms with E-state index in [0.717, 1.165) is 42.6 Å². The van der Waals surface area contributed by atoms with E-state index in [4.69, 9.17) is 4.74 Å². The Hall–Kier alpha value is -2.95. The number of ether oxygens (including phenoxy) is 1. The summed E-state index contributed by atoms with van der Waals surface area (Å²) in [6.07, 6.45) is 1.98. The van der Waals surface area contributed by atoms with Gasteiger partial charge < -0.3 is 10.1 Å². The van der Waals surface area contributed by atoms with Crippen molar-refractivity contribution in [1.82, 2.24) is 10.2 Å². The SMILES string of the molecule is O=C(NCc1ccccc1COCc1ccccc1)C1CCCN1Cc1ccccc1. The third-order valence-electron chi connectivity index (χ3n) is 5.84. The van der Waals surface area contributed by atoms with E-state index in [2.05, 4.69) is 58.7 Å². The van der Waals surface area contributed by atoms with Gasteiger partial charge in [-0.15, -0.1) is 0 Å². The predicted octanol–water partition coefficient (Wildman–Crippen LogP) is 4.68. The minimum Gasteiger partial charge on any atom is -0.372 e. The fourth-order valence-corrected chi connectivity index (χ4v) is 4.15. The summed E-state index contributed by atoms with van der Waals surface area (Å²) in [6.45, 7) is 3.43. The Kier molecular flexibility index (Phi) is 7.48. The van der Waals surface area contributed by atoms with Crippen molar-refractivity contribution < 1.29 is 9.53 Å². The van der Waals surface area contributed by atoms with Crippen LogP contribution >= 0.6 is 0 Å². The lowest BCUT2D eigenvalue weighted by Crippen LogP contribution is -2.42. The molecule has 1 saturated heterocycles. The lowest BCUT2D eigenvalue weighted by atomic mass is 10.1. The van der Waals surface area contributed by atoms with E-state index >= 15 is 0 Å². The van der Waals surface area contributed by atoms with Gasteiger partial charge in [0.1, 0.15) is 0 Å². The monoisotopic (exact) mass is 414 g/mol. The lowest BCUT2D eigenvalue weighted by Gasteiger charge is -2.24. The van der Waals surface area contributed by atoms with Gasteiger partial charge >= 0.3 is 0 Å². The highest BCUT2D eigenvalue weighted by Crippen LogP contribution is 2.20. The van der Waals surface area contributed by atoms with Gasteiger partial charge in [-0.3, -0.25) is 9.69 Å². The van der Waals surface area contributed by atoms with Crippen molar-refractivity contribution in [3.8, 4) is 0 Å². The molecule has 0 aliphatic carbocycles. The number of hydrogen-bond acceptors (Lipinski definition) is 3. The number of benzene rings is 3. The second-order valence-corrected chi connectivity index (χ2v) is 8.08. The largest absolute Gasteiger partial charge is 0.372 e. The van der Waals surface area contributed by atoms with Crippen LogP contribution in [-0.4, -0.2) is 23.4 Å².